The van der Waals surface area contributed by atoms with Crippen molar-refractivity contribution in [1.29, 1.82) is 0 Å². The monoisotopic (exact) mass is 334 g/mol. The van der Waals surface area contributed by atoms with E-state index in [1.54, 1.807) is 12.4 Å². The third kappa shape index (κ3) is 5.44. The summed E-state index contributed by atoms with van der Waals surface area (Å²) < 4.78 is 5.50. The second kappa shape index (κ2) is 7.92. The Morgan fingerprint density at radius 2 is 2.21 bits per heavy atom. The van der Waals surface area contributed by atoms with Crippen molar-refractivity contribution < 1.29 is 9.53 Å². The van der Waals surface area contributed by atoms with Crippen molar-refractivity contribution in [3.8, 4) is 0 Å². The van der Waals surface area contributed by atoms with Crippen LogP contribution in [0.3, 0.4) is 0 Å². The van der Waals surface area contributed by atoms with Gasteiger partial charge in [0.1, 0.15) is 5.60 Å². The molecule has 2 heterocycles. The number of rotatable bonds is 4. The summed E-state index contributed by atoms with van der Waals surface area (Å²) in [6.07, 6.45) is 7.20. The smallest absolute Gasteiger partial charge is 0.410 e. The third-order valence-corrected chi connectivity index (χ3v) is 4.39. The molecular weight excluding hydrogens is 304 g/mol. The van der Waals surface area contributed by atoms with E-state index >= 15 is 0 Å². The molecule has 0 saturated carbocycles. The van der Waals surface area contributed by atoms with Crippen LogP contribution in [0.1, 0.15) is 52.3 Å². The van der Waals surface area contributed by atoms with Gasteiger partial charge in [0, 0.05) is 38.2 Å². The molecule has 0 aromatic carbocycles. The van der Waals surface area contributed by atoms with Gasteiger partial charge in [-0.05, 0) is 53.5 Å². The van der Waals surface area contributed by atoms with Gasteiger partial charge in [-0.2, -0.15) is 0 Å². The quantitative estimate of drug-likeness (QED) is 0.847. The third-order valence-electron chi connectivity index (χ3n) is 4.39. The van der Waals surface area contributed by atoms with Crippen LogP contribution in [0.2, 0.25) is 0 Å². The van der Waals surface area contributed by atoms with E-state index in [-0.39, 0.29) is 12.1 Å². The highest BCUT2D eigenvalue weighted by Crippen LogP contribution is 2.23. The van der Waals surface area contributed by atoms with Crippen molar-refractivity contribution in [2.24, 2.45) is 5.92 Å². The molecule has 6 heteroatoms. The van der Waals surface area contributed by atoms with Crippen molar-refractivity contribution in [2.75, 3.05) is 26.7 Å². The maximum atomic E-state index is 12.3. The zero-order valence-electron chi connectivity index (χ0n) is 15.5. The van der Waals surface area contributed by atoms with Crippen molar-refractivity contribution in [2.45, 2.75) is 52.2 Å². The minimum Gasteiger partial charge on any atom is -0.444 e. The zero-order valence-corrected chi connectivity index (χ0v) is 15.5. The van der Waals surface area contributed by atoms with Gasteiger partial charge >= 0.3 is 6.09 Å². The van der Waals surface area contributed by atoms with Crippen LogP contribution in [0.25, 0.3) is 0 Å². The first-order valence-corrected chi connectivity index (χ1v) is 8.70. The number of amides is 1. The highest BCUT2D eigenvalue weighted by Gasteiger charge is 2.29. The summed E-state index contributed by atoms with van der Waals surface area (Å²) in [5.41, 5.74) is 0.529. The average Bonchev–Trinajstić information content (AvgIpc) is 2.53. The van der Waals surface area contributed by atoms with E-state index in [1.165, 1.54) is 0 Å². The number of ether oxygens (including phenoxy) is 1. The Morgan fingerprint density at radius 1 is 1.46 bits per heavy atom. The van der Waals surface area contributed by atoms with E-state index in [4.69, 9.17) is 4.74 Å². The van der Waals surface area contributed by atoms with Crippen molar-refractivity contribution in [1.82, 2.24) is 19.8 Å². The lowest BCUT2D eigenvalue weighted by atomic mass is 9.97. The number of aromatic nitrogens is 2. The standard InChI is InChI=1S/C18H30N4O2/c1-14(16-11-19-8-9-20-16)21(5)12-15-7-6-10-22(13-15)17(23)24-18(2,3)4/h8-9,11,14-15H,6-7,10,12-13H2,1-5H3/t14-,15+/m0/s1. The lowest BCUT2D eigenvalue weighted by molar-refractivity contribution is 0.0142. The molecule has 0 unspecified atom stereocenters. The summed E-state index contributed by atoms with van der Waals surface area (Å²) in [7, 11) is 2.10. The SMILES string of the molecule is C[C@@H](c1cnccn1)N(C)C[C@H]1CCCN(C(=O)OC(C)(C)C)C1. The fourth-order valence-electron chi connectivity index (χ4n) is 3.02. The fraction of sp³-hybridized carbons (Fsp3) is 0.722. The second-order valence-corrected chi connectivity index (χ2v) is 7.68. The largest absolute Gasteiger partial charge is 0.444 e. The van der Waals surface area contributed by atoms with Gasteiger partial charge in [0.2, 0.25) is 0 Å². The molecule has 1 aromatic rings. The number of carbonyl (C=O) groups excluding carboxylic acids is 1. The number of hydrogen-bond donors (Lipinski definition) is 0. The van der Waals surface area contributed by atoms with Crippen molar-refractivity contribution in [3.05, 3.63) is 24.3 Å². The van der Waals surface area contributed by atoms with E-state index in [2.05, 4.69) is 28.8 Å². The molecule has 0 N–H and O–H groups in total. The zero-order chi connectivity index (χ0) is 17.7. The van der Waals surface area contributed by atoms with Crippen LogP contribution in [-0.2, 0) is 4.74 Å². The van der Waals surface area contributed by atoms with Gasteiger partial charge in [-0.3, -0.25) is 14.9 Å². The molecule has 0 bridgehead atoms. The number of carbonyl (C=O) groups is 1. The van der Waals surface area contributed by atoms with Gasteiger partial charge in [0.15, 0.2) is 0 Å². The summed E-state index contributed by atoms with van der Waals surface area (Å²) in [5, 5.41) is 0. The summed E-state index contributed by atoms with van der Waals surface area (Å²) in [6, 6.07) is 0.204. The van der Waals surface area contributed by atoms with Gasteiger partial charge in [-0.15, -0.1) is 0 Å². The predicted octanol–water partition coefficient (Wildman–Crippen LogP) is 3.12. The maximum Gasteiger partial charge on any atom is 0.410 e. The molecule has 6 nitrogen and oxygen atoms in total. The van der Waals surface area contributed by atoms with Crippen LogP contribution >= 0.6 is 0 Å². The Morgan fingerprint density at radius 3 is 2.83 bits per heavy atom. The molecule has 0 spiro atoms. The Balaban J connectivity index is 1.89. The molecule has 1 aromatic heterocycles. The van der Waals surface area contributed by atoms with E-state index in [0.29, 0.717) is 5.92 Å². The first-order valence-electron chi connectivity index (χ1n) is 8.70. The minimum absolute atomic E-state index is 0.197. The fourth-order valence-corrected chi connectivity index (χ4v) is 3.02. The maximum absolute atomic E-state index is 12.3. The van der Waals surface area contributed by atoms with Gasteiger partial charge in [-0.25, -0.2) is 4.79 Å². The molecular formula is C18H30N4O2. The van der Waals surface area contributed by atoms with Gasteiger partial charge in [-0.1, -0.05) is 0 Å². The Bertz CT molecular complexity index is 530. The van der Waals surface area contributed by atoms with Crippen LogP contribution in [0, 0.1) is 5.92 Å². The average molecular weight is 334 g/mol. The van der Waals surface area contributed by atoms with Gasteiger partial charge in [0.25, 0.3) is 0 Å². The van der Waals surface area contributed by atoms with Crippen LogP contribution in [0.4, 0.5) is 4.79 Å². The number of likely N-dealkylation sites (tertiary alicyclic amines) is 1. The number of nitrogens with zero attached hydrogens (tertiary/aromatic N) is 4. The molecule has 2 atom stereocenters. The van der Waals surface area contributed by atoms with Crippen LogP contribution in [-0.4, -0.2) is 58.1 Å². The van der Waals surface area contributed by atoms with E-state index in [1.807, 2.05) is 31.9 Å². The van der Waals surface area contributed by atoms with Crippen molar-refractivity contribution >= 4 is 6.09 Å². The Kier molecular flexibility index (Phi) is 6.15. The second-order valence-electron chi connectivity index (χ2n) is 7.68. The van der Waals surface area contributed by atoms with E-state index < -0.39 is 5.60 Å². The first-order chi connectivity index (χ1) is 11.3. The predicted molar refractivity (Wildman–Crippen MR) is 93.6 cm³/mol. The van der Waals surface area contributed by atoms with Crippen LogP contribution in [0.5, 0.6) is 0 Å². The molecule has 1 aliphatic heterocycles. The molecule has 24 heavy (non-hydrogen) atoms. The van der Waals surface area contributed by atoms with Crippen molar-refractivity contribution in [3.63, 3.8) is 0 Å². The Labute approximate surface area is 145 Å². The summed E-state index contributed by atoms with van der Waals surface area (Å²) in [6.45, 7) is 10.3. The Hall–Kier alpha value is -1.69. The molecule has 0 aliphatic carbocycles. The first kappa shape index (κ1) is 18.6. The molecule has 1 fully saturated rings. The van der Waals surface area contributed by atoms with Crippen LogP contribution in [0.15, 0.2) is 18.6 Å². The molecule has 0 radical (unpaired) electrons. The number of hydrogen-bond acceptors (Lipinski definition) is 5. The highest BCUT2D eigenvalue weighted by molar-refractivity contribution is 5.68. The van der Waals surface area contributed by atoms with E-state index in [0.717, 1.165) is 38.2 Å². The summed E-state index contributed by atoms with van der Waals surface area (Å²) in [4.78, 5) is 24.9. The number of piperidine rings is 1. The molecule has 1 aliphatic rings. The van der Waals surface area contributed by atoms with Crippen LogP contribution < -0.4 is 0 Å². The molecule has 1 saturated heterocycles. The molecule has 134 valence electrons. The van der Waals surface area contributed by atoms with Gasteiger partial charge < -0.3 is 9.64 Å². The topological polar surface area (TPSA) is 58.6 Å². The normalized spacial score (nSPS) is 20.1. The lowest BCUT2D eigenvalue weighted by Gasteiger charge is -2.36. The minimum atomic E-state index is -0.443. The van der Waals surface area contributed by atoms with E-state index in [9.17, 15) is 4.79 Å². The summed E-state index contributed by atoms with van der Waals surface area (Å²) in [5.74, 6) is 0.454. The molecule has 1 amide bonds. The lowest BCUT2D eigenvalue weighted by Crippen LogP contribution is -2.45. The highest BCUT2D eigenvalue weighted by atomic mass is 16.6. The molecule has 2 rings (SSSR count). The van der Waals surface area contributed by atoms with Gasteiger partial charge in [0.05, 0.1) is 11.7 Å². The summed E-state index contributed by atoms with van der Waals surface area (Å²) >= 11 is 0.